The lowest BCUT2D eigenvalue weighted by Gasteiger charge is -1.99. The first kappa shape index (κ1) is 8.10. The summed E-state index contributed by atoms with van der Waals surface area (Å²) in [6, 6.07) is 4.87. The molecule has 0 aliphatic carbocycles. The summed E-state index contributed by atoms with van der Waals surface area (Å²) in [7, 11) is 0. The van der Waals surface area contributed by atoms with Gasteiger partial charge in [0.2, 0.25) is 0 Å². The van der Waals surface area contributed by atoms with Gasteiger partial charge in [-0.15, -0.1) is 0 Å². The zero-order valence-corrected chi connectivity index (χ0v) is 7.29. The third-order valence-corrected chi connectivity index (χ3v) is 1.93. The number of hydrogen-bond acceptors (Lipinski definition) is 2. The number of rotatable bonds is 1. The second kappa shape index (κ2) is 3.09. The maximum absolute atomic E-state index is 13.2. The number of fused-ring (bicyclic) bond motifs is 1. The van der Waals surface area contributed by atoms with Gasteiger partial charge in [-0.1, -0.05) is 19.1 Å². The minimum Gasteiger partial charge on any atom is -0.241 e. The van der Waals surface area contributed by atoms with Crippen molar-refractivity contribution in [2.24, 2.45) is 0 Å². The zero-order chi connectivity index (χ0) is 9.26. The Hall–Kier alpha value is -1.51. The van der Waals surface area contributed by atoms with E-state index >= 15 is 0 Å². The summed E-state index contributed by atoms with van der Waals surface area (Å²) in [5.41, 5.74) is 0.411. The Bertz CT molecular complexity index is 440. The highest BCUT2D eigenvalue weighted by Gasteiger charge is 2.02. The molecule has 0 aliphatic rings. The second-order valence-electron chi connectivity index (χ2n) is 2.82. The average molecular weight is 176 g/mol. The lowest BCUT2D eigenvalue weighted by molar-refractivity contribution is 0.635. The van der Waals surface area contributed by atoms with Crippen molar-refractivity contribution in [2.75, 3.05) is 0 Å². The fourth-order valence-corrected chi connectivity index (χ4v) is 1.23. The smallest absolute Gasteiger partial charge is 0.149 e. The van der Waals surface area contributed by atoms with Crippen LogP contribution in [0.3, 0.4) is 0 Å². The van der Waals surface area contributed by atoms with E-state index < -0.39 is 0 Å². The molecule has 0 spiro atoms. The standard InChI is InChI=1S/C10H9FN2/c1-2-9-12-6-7-4-3-5-8(11)10(7)13-9/h3-6H,2H2,1H3. The number of para-hydroxylation sites is 1. The molecule has 1 heterocycles. The molecule has 2 rings (SSSR count). The molecule has 2 aromatic rings. The van der Waals surface area contributed by atoms with Gasteiger partial charge >= 0.3 is 0 Å². The molecule has 0 unspecified atom stereocenters. The van der Waals surface area contributed by atoms with Gasteiger partial charge < -0.3 is 0 Å². The van der Waals surface area contributed by atoms with Gasteiger partial charge in [-0.2, -0.15) is 0 Å². The van der Waals surface area contributed by atoms with Crippen LogP contribution in [0, 0.1) is 5.82 Å². The van der Waals surface area contributed by atoms with Crippen LogP contribution in [-0.4, -0.2) is 9.97 Å². The summed E-state index contributed by atoms with van der Waals surface area (Å²) in [5.74, 6) is 0.396. The fraction of sp³-hybridized carbons (Fsp3) is 0.200. The summed E-state index contributed by atoms with van der Waals surface area (Å²) in [6.45, 7) is 1.95. The summed E-state index contributed by atoms with van der Waals surface area (Å²) in [6.07, 6.45) is 2.38. The first-order valence-electron chi connectivity index (χ1n) is 4.21. The molecule has 2 nitrogen and oxygen atoms in total. The molecule has 3 heteroatoms. The fourth-order valence-electron chi connectivity index (χ4n) is 1.23. The number of aryl methyl sites for hydroxylation is 1. The van der Waals surface area contributed by atoms with Crippen molar-refractivity contribution < 1.29 is 4.39 Å². The number of aromatic nitrogens is 2. The lowest BCUT2D eigenvalue weighted by atomic mass is 10.2. The molecular weight excluding hydrogens is 167 g/mol. The van der Waals surface area contributed by atoms with Crippen molar-refractivity contribution in [1.82, 2.24) is 9.97 Å². The van der Waals surface area contributed by atoms with Gasteiger partial charge in [0, 0.05) is 18.0 Å². The quantitative estimate of drug-likeness (QED) is 0.666. The molecule has 0 N–H and O–H groups in total. The molecule has 1 aromatic carbocycles. The molecule has 0 fully saturated rings. The SMILES string of the molecule is CCc1ncc2cccc(F)c2n1. The summed E-state index contributed by atoms with van der Waals surface area (Å²) in [5, 5.41) is 0.747. The van der Waals surface area contributed by atoms with Crippen molar-refractivity contribution in [3.8, 4) is 0 Å². The van der Waals surface area contributed by atoms with E-state index in [-0.39, 0.29) is 5.82 Å². The summed E-state index contributed by atoms with van der Waals surface area (Å²) < 4.78 is 13.2. The van der Waals surface area contributed by atoms with E-state index in [9.17, 15) is 4.39 Å². The molecule has 66 valence electrons. The molecule has 0 bridgehead atoms. The van der Waals surface area contributed by atoms with Crippen molar-refractivity contribution in [3.05, 3.63) is 36.0 Å². The molecule has 0 aliphatic heterocycles. The van der Waals surface area contributed by atoms with E-state index in [0.29, 0.717) is 11.3 Å². The topological polar surface area (TPSA) is 25.8 Å². The normalized spacial score (nSPS) is 10.6. The minimum absolute atomic E-state index is 0.283. The van der Waals surface area contributed by atoms with Gasteiger partial charge in [0.25, 0.3) is 0 Å². The van der Waals surface area contributed by atoms with Crippen molar-refractivity contribution in [3.63, 3.8) is 0 Å². The Morgan fingerprint density at radius 3 is 3.00 bits per heavy atom. The van der Waals surface area contributed by atoms with Crippen LogP contribution in [0.15, 0.2) is 24.4 Å². The van der Waals surface area contributed by atoms with E-state index in [1.165, 1.54) is 6.07 Å². The summed E-state index contributed by atoms with van der Waals surface area (Å²) in [4.78, 5) is 8.20. The summed E-state index contributed by atoms with van der Waals surface area (Å²) >= 11 is 0. The van der Waals surface area contributed by atoms with Crippen LogP contribution in [0.25, 0.3) is 10.9 Å². The Balaban J connectivity index is 2.74. The van der Waals surface area contributed by atoms with Crippen LogP contribution in [0.4, 0.5) is 4.39 Å². The van der Waals surface area contributed by atoms with Crippen LogP contribution in [-0.2, 0) is 6.42 Å². The molecule has 1 aromatic heterocycles. The zero-order valence-electron chi connectivity index (χ0n) is 7.29. The third kappa shape index (κ3) is 1.37. The van der Waals surface area contributed by atoms with Crippen molar-refractivity contribution in [2.45, 2.75) is 13.3 Å². The van der Waals surface area contributed by atoms with Crippen LogP contribution in [0.2, 0.25) is 0 Å². The number of halogens is 1. The van der Waals surface area contributed by atoms with Gasteiger partial charge in [0.15, 0.2) is 0 Å². The average Bonchev–Trinajstić information content (AvgIpc) is 2.18. The van der Waals surface area contributed by atoms with Crippen molar-refractivity contribution in [1.29, 1.82) is 0 Å². The monoisotopic (exact) mass is 176 g/mol. The Morgan fingerprint density at radius 2 is 2.23 bits per heavy atom. The van der Waals surface area contributed by atoms with Gasteiger partial charge in [0.1, 0.15) is 17.2 Å². The Labute approximate surface area is 75.4 Å². The van der Waals surface area contributed by atoms with Gasteiger partial charge in [-0.25, -0.2) is 14.4 Å². The molecule has 0 saturated heterocycles. The largest absolute Gasteiger partial charge is 0.241 e. The first-order valence-corrected chi connectivity index (χ1v) is 4.21. The second-order valence-corrected chi connectivity index (χ2v) is 2.82. The number of nitrogens with zero attached hydrogens (tertiary/aromatic N) is 2. The molecule has 0 atom stereocenters. The minimum atomic E-state index is -0.283. The number of benzene rings is 1. The maximum Gasteiger partial charge on any atom is 0.149 e. The van der Waals surface area contributed by atoms with Gasteiger partial charge in [-0.05, 0) is 6.07 Å². The van der Waals surface area contributed by atoms with E-state index in [1.54, 1.807) is 18.3 Å². The predicted octanol–water partition coefficient (Wildman–Crippen LogP) is 2.33. The molecular formula is C10H9FN2. The lowest BCUT2D eigenvalue weighted by Crippen LogP contribution is -1.94. The highest BCUT2D eigenvalue weighted by atomic mass is 19.1. The van der Waals surface area contributed by atoms with E-state index in [0.717, 1.165) is 11.8 Å². The maximum atomic E-state index is 13.2. The highest BCUT2D eigenvalue weighted by molar-refractivity contribution is 5.77. The van der Waals surface area contributed by atoms with Crippen molar-refractivity contribution >= 4 is 10.9 Å². The highest BCUT2D eigenvalue weighted by Crippen LogP contribution is 2.14. The van der Waals surface area contributed by atoms with Crippen LogP contribution in [0.1, 0.15) is 12.7 Å². The third-order valence-electron chi connectivity index (χ3n) is 1.93. The van der Waals surface area contributed by atoms with E-state index in [1.807, 2.05) is 6.92 Å². The molecule has 0 saturated carbocycles. The first-order chi connectivity index (χ1) is 6.31. The van der Waals surface area contributed by atoms with Crippen LogP contribution in [0.5, 0.6) is 0 Å². The van der Waals surface area contributed by atoms with Gasteiger partial charge in [0.05, 0.1) is 0 Å². The van der Waals surface area contributed by atoms with Gasteiger partial charge in [-0.3, -0.25) is 0 Å². The molecule has 13 heavy (non-hydrogen) atoms. The van der Waals surface area contributed by atoms with E-state index in [2.05, 4.69) is 9.97 Å². The molecule has 0 radical (unpaired) electrons. The molecule has 0 amide bonds. The number of hydrogen-bond donors (Lipinski definition) is 0. The van der Waals surface area contributed by atoms with Crippen LogP contribution >= 0.6 is 0 Å². The Kier molecular flexibility index (Phi) is 1.93. The van der Waals surface area contributed by atoms with E-state index in [4.69, 9.17) is 0 Å². The predicted molar refractivity (Wildman–Crippen MR) is 48.9 cm³/mol. The van der Waals surface area contributed by atoms with Crippen LogP contribution < -0.4 is 0 Å². The Morgan fingerprint density at radius 1 is 1.38 bits per heavy atom.